The normalized spacial score (nSPS) is 21.7. The van der Waals surface area contributed by atoms with Crippen molar-refractivity contribution in [3.63, 3.8) is 0 Å². The lowest BCUT2D eigenvalue weighted by molar-refractivity contribution is -0.0347. The van der Waals surface area contributed by atoms with Crippen molar-refractivity contribution in [3.05, 3.63) is 58.1 Å². The van der Waals surface area contributed by atoms with Gasteiger partial charge < -0.3 is 19.9 Å². The zero-order chi connectivity index (χ0) is 19.6. The van der Waals surface area contributed by atoms with E-state index in [9.17, 15) is 19.5 Å². The van der Waals surface area contributed by atoms with Crippen LogP contribution in [0.15, 0.2) is 41.3 Å². The molecule has 2 heterocycles. The molecule has 2 N–H and O–H groups in total. The SMILES string of the molecule is COC(=O)c1ccc(C(=O)Nc2ccn(C3O[C@H](C)CC3O)c(=O)n2)cc1. The number of rotatable bonds is 4. The van der Waals surface area contributed by atoms with Gasteiger partial charge in [-0.15, -0.1) is 0 Å². The maximum Gasteiger partial charge on any atom is 0.351 e. The fourth-order valence-electron chi connectivity index (χ4n) is 2.83. The molecule has 0 radical (unpaired) electrons. The number of amides is 1. The minimum atomic E-state index is -0.798. The molecule has 0 bridgehead atoms. The first-order chi connectivity index (χ1) is 12.9. The molecule has 27 heavy (non-hydrogen) atoms. The lowest BCUT2D eigenvalue weighted by atomic mass is 10.1. The molecular formula is C18H19N3O6. The van der Waals surface area contributed by atoms with Crippen LogP contribution in [0.2, 0.25) is 0 Å². The average Bonchev–Trinajstić information content (AvgIpc) is 2.99. The van der Waals surface area contributed by atoms with Crippen LogP contribution in [-0.4, -0.2) is 45.9 Å². The van der Waals surface area contributed by atoms with Crippen LogP contribution in [0.25, 0.3) is 0 Å². The summed E-state index contributed by atoms with van der Waals surface area (Å²) in [6.07, 6.45) is 0.0853. The third kappa shape index (κ3) is 4.04. The van der Waals surface area contributed by atoms with Crippen LogP contribution in [0, 0.1) is 0 Å². The van der Waals surface area contributed by atoms with Gasteiger partial charge in [0, 0.05) is 18.2 Å². The second-order valence-electron chi connectivity index (χ2n) is 6.17. The first-order valence-electron chi connectivity index (χ1n) is 8.31. The monoisotopic (exact) mass is 373 g/mol. The second kappa shape index (κ2) is 7.68. The van der Waals surface area contributed by atoms with Gasteiger partial charge in [-0.2, -0.15) is 4.98 Å². The number of nitrogens with one attached hydrogen (secondary N) is 1. The fraction of sp³-hybridized carbons (Fsp3) is 0.333. The van der Waals surface area contributed by atoms with Gasteiger partial charge in [-0.25, -0.2) is 9.59 Å². The van der Waals surface area contributed by atoms with Crippen molar-refractivity contribution in [1.29, 1.82) is 0 Å². The smallest absolute Gasteiger partial charge is 0.351 e. The number of aliphatic hydroxyl groups is 1. The number of anilines is 1. The van der Waals surface area contributed by atoms with E-state index >= 15 is 0 Å². The lowest BCUT2D eigenvalue weighted by Gasteiger charge is -2.17. The number of benzene rings is 1. The van der Waals surface area contributed by atoms with Gasteiger partial charge in [0.1, 0.15) is 11.9 Å². The van der Waals surface area contributed by atoms with Gasteiger partial charge in [0.05, 0.1) is 18.8 Å². The van der Waals surface area contributed by atoms with Gasteiger partial charge in [-0.05, 0) is 37.3 Å². The minimum Gasteiger partial charge on any atom is -0.465 e. The zero-order valence-corrected chi connectivity index (χ0v) is 14.8. The number of nitrogens with zero attached hydrogens (tertiary/aromatic N) is 2. The van der Waals surface area contributed by atoms with Crippen LogP contribution in [0.1, 0.15) is 40.3 Å². The second-order valence-corrected chi connectivity index (χ2v) is 6.17. The number of aromatic nitrogens is 2. The first-order valence-corrected chi connectivity index (χ1v) is 8.31. The number of ether oxygens (including phenoxy) is 2. The van der Waals surface area contributed by atoms with E-state index in [1.54, 1.807) is 0 Å². The van der Waals surface area contributed by atoms with E-state index in [0.717, 1.165) is 0 Å². The van der Waals surface area contributed by atoms with Crippen molar-refractivity contribution in [1.82, 2.24) is 9.55 Å². The summed E-state index contributed by atoms with van der Waals surface area (Å²) in [6, 6.07) is 7.30. The predicted molar refractivity (Wildman–Crippen MR) is 94.4 cm³/mol. The molecule has 9 heteroatoms. The van der Waals surface area contributed by atoms with E-state index in [0.29, 0.717) is 12.0 Å². The Kier molecular flexibility index (Phi) is 5.33. The molecule has 2 unspecified atom stereocenters. The molecule has 142 valence electrons. The molecule has 1 aliphatic heterocycles. The molecule has 0 aliphatic carbocycles. The largest absolute Gasteiger partial charge is 0.465 e. The first kappa shape index (κ1) is 18.7. The third-order valence-electron chi connectivity index (χ3n) is 4.19. The highest BCUT2D eigenvalue weighted by Gasteiger charge is 2.33. The van der Waals surface area contributed by atoms with Crippen LogP contribution in [0.5, 0.6) is 0 Å². The number of esters is 1. The Morgan fingerprint density at radius 3 is 2.48 bits per heavy atom. The van der Waals surface area contributed by atoms with Crippen molar-refractivity contribution < 1.29 is 24.2 Å². The highest BCUT2D eigenvalue weighted by molar-refractivity contribution is 6.04. The number of hydrogen-bond acceptors (Lipinski definition) is 7. The summed E-state index contributed by atoms with van der Waals surface area (Å²) in [5.74, 6) is -0.918. The molecule has 9 nitrogen and oxygen atoms in total. The average molecular weight is 373 g/mol. The molecule has 3 rings (SSSR count). The van der Waals surface area contributed by atoms with Gasteiger partial charge in [-0.3, -0.25) is 9.36 Å². The van der Waals surface area contributed by atoms with Gasteiger partial charge >= 0.3 is 11.7 Å². The quantitative estimate of drug-likeness (QED) is 0.766. The molecule has 0 saturated carbocycles. The predicted octanol–water partition coefficient (Wildman–Crippen LogP) is 0.950. The summed E-state index contributed by atoms with van der Waals surface area (Å²) in [7, 11) is 1.27. The number of carbonyl (C=O) groups excluding carboxylic acids is 2. The molecule has 3 atom stereocenters. The third-order valence-corrected chi connectivity index (χ3v) is 4.19. The number of hydrogen-bond donors (Lipinski definition) is 2. The van der Waals surface area contributed by atoms with E-state index in [-0.39, 0.29) is 17.5 Å². The highest BCUT2D eigenvalue weighted by Crippen LogP contribution is 2.27. The van der Waals surface area contributed by atoms with Crippen LogP contribution in [-0.2, 0) is 9.47 Å². The van der Waals surface area contributed by atoms with Crippen molar-refractivity contribution in [2.45, 2.75) is 31.8 Å². The summed E-state index contributed by atoms with van der Waals surface area (Å²) in [5, 5.41) is 12.5. The van der Waals surface area contributed by atoms with E-state index < -0.39 is 29.9 Å². The number of aliphatic hydroxyl groups excluding tert-OH is 1. The van der Waals surface area contributed by atoms with E-state index in [1.807, 2.05) is 6.92 Å². The molecule has 1 aromatic heterocycles. The molecule has 1 aliphatic rings. The lowest BCUT2D eigenvalue weighted by Crippen LogP contribution is -2.32. The van der Waals surface area contributed by atoms with Gasteiger partial charge in [-0.1, -0.05) is 0 Å². The Morgan fingerprint density at radius 1 is 1.26 bits per heavy atom. The van der Waals surface area contributed by atoms with Gasteiger partial charge in [0.15, 0.2) is 6.23 Å². The van der Waals surface area contributed by atoms with Crippen molar-refractivity contribution in [2.24, 2.45) is 0 Å². The molecule has 1 saturated heterocycles. The Labute approximate surface area is 154 Å². The topological polar surface area (TPSA) is 120 Å². The van der Waals surface area contributed by atoms with Crippen molar-refractivity contribution in [3.8, 4) is 0 Å². The van der Waals surface area contributed by atoms with E-state index in [2.05, 4.69) is 15.0 Å². The number of methoxy groups -OCH3 is 1. The fourth-order valence-corrected chi connectivity index (χ4v) is 2.83. The summed E-state index contributed by atoms with van der Waals surface area (Å²) in [5.41, 5.74) is -0.0388. The molecule has 2 aromatic rings. The molecule has 1 fully saturated rings. The molecule has 1 aromatic carbocycles. The summed E-state index contributed by atoms with van der Waals surface area (Å²) >= 11 is 0. The highest BCUT2D eigenvalue weighted by atomic mass is 16.5. The van der Waals surface area contributed by atoms with Gasteiger partial charge in [0.25, 0.3) is 5.91 Å². The van der Waals surface area contributed by atoms with Crippen molar-refractivity contribution >= 4 is 17.7 Å². The molecule has 1 amide bonds. The molecule has 0 spiro atoms. The Bertz CT molecular complexity index is 908. The Morgan fingerprint density at radius 2 is 1.93 bits per heavy atom. The Balaban J connectivity index is 1.72. The summed E-state index contributed by atoms with van der Waals surface area (Å²) < 4.78 is 11.3. The van der Waals surface area contributed by atoms with Crippen LogP contribution < -0.4 is 11.0 Å². The summed E-state index contributed by atoms with van der Waals surface area (Å²) in [4.78, 5) is 39.7. The molecular weight excluding hydrogens is 354 g/mol. The van der Waals surface area contributed by atoms with E-state index in [1.165, 1.54) is 48.2 Å². The van der Waals surface area contributed by atoms with Crippen LogP contribution in [0.3, 0.4) is 0 Å². The zero-order valence-electron chi connectivity index (χ0n) is 14.8. The van der Waals surface area contributed by atoms with E-state index in [4.69, 9.17) is 4.74 Å². The standard InChI is InChI=1S/C18H19N3O6/c1-10-9-13(22)16(27-10)21-8-7-14(20-18(21)25)19-15(23)11-3-5-12(6-4-11)17(24)26-2/h3-8,10,13,16,22H,9H2,1-2H3,(H,19,20,23,25)/t10-,13?,16?/m1/s1. The van der Waals surface area contributed by atoms with Crippen molar-refractivity contribution in [2.75, 3.05) is 12.4 Å². The number of carbonyl (C=O) groups is 2. The minimum absolute atomic E-state index is 0.0684. The van der Waals surface area contributed by atoms with Crippen LogP contribution >= 0.6 is 0 Å². The van der Waals surface area contributed by atoms with Gasteiger partial charge in [0.2, 0.25) is 0 Å². The Hall–Kier alpha value is -3.04. The maximum atomic E-state index is 12.3. The summed E-state index contributed by atoms with van der Waals surface area (Å²) in [6.45, 7) is 1.81. The maximum absolute atomic E-state index is 12.3. The van der Waals surface area contributed by atoms with Crippen LogP contribution in [0.4, 0.5) is 5.82 Å².